The van der Waals surface area contributed by atoms with Crippen LogP contribution < -0.4 is 0 Å². The summed E-state index contributed by atoms with van der Waals surface area (Å²) in [5.41, 5.74) is 0.789. The first kappa shape index (κ1) is 18.1. The van der Waals surface area contributed by atoms with Crippen molar-refractivity contribution in [3.63, 3.8) is 0 Å². The summed E-state index contributed by atoms with van der Waals surface area (Å²) in [6.45, 7) is 10.7. The summed E-state index contributed by atoms with van der Waals surface area (Å²) in [5.74, 6) is 0.508. The Morgan fingerprint density at radius 2 is 1.87 bits per heavy atom. The lowest BCUT2D eigenvalue weighted by atomic mass is 10.0. The van der Waals surface area contributed by atoms with E-state index in [2.05, 4.69) is 38.1 Å². The molecule has 1 N–H and O–H groups in total. The summed E-state index contributed by atoms with van der Waals surface area (Å²) >= 11 is 1.62. The number of hydrogen-bond donors (Lipinski definition) is 1. The van der Waals surface area contributed by atoms with Gasteiger partial charge < -0.3 is 14.7 Å². The number of benzene rings is 1. The van der Waals surface area contributed by atoms with Crippen molar-refractivity contribution in [3.8, 4) is 0 Å². The van der Waals surface area contributed by atoms with Gasteiger partial charge in [-0.3, -0.25) is 0 Å². The third kappa shape index (κ3) is 5.15. The van der Waals surface area contributed by atoms with Gasteiger partial charge >= 0.3 is 6.09 Å². The van der Waals surface area contributed by atoms with Crippen molar-refractivity contribution in [1.29, 1.82) is 0 Å². The van der Waals surface area contributed by atoms with Crippen molar-refractivity contribution in [1.82, 2.24) is 4.90 Å². The maximum atomic E-state index is 12.1. The van der Waals surface area contributed by atoms with E-state index in [1.54, 1.807) is 16.7 Å². The second-order valence-electron chi connectivity index (χ2n) is 7.33. The number of aliphatic hydroxyl groups is 1. The molecular formula is C18H27NO3S. The topological polar surface area (TPSA) is 49.8 Å². The number of aliphatic hydroxyl groups excluding tert-OH is 1. The van der Waals surface area contributed by atoms with Crippen LogP contribution in [-0.2, 0) is 4.74 Å². The Bertz CT molecular complexity index is 536. The SMILES string of the molecule is CC(C)c1ccc(S[C@@H]2CN(C(=O)OC(C)(C)C)C[C@H]2O)cc1. The van der Waals surface area contributed by atoms with Crippen molar-refractivity contribution >= 4 is 17.9 Å². The van der Waals surface area contributed by atoms with E-state index in [1.165, 1.54) is 5.56 Å². The minimum absolute atomic E-state index is 0.0209. The molecule has 1 fully saturated rings. The molecule has 1 aliphatic heterocycles. The van der Waals surface area contributed by atoms with Crippen LogP contribution in [0.15, 0.2) is 29.2 Å². The number of nitrogens with zero attached hydrogens (tertiary/aromatic N) is 1. The highest BCUT2D eigenvalue weighted by molar-refractivity contribution is 8.00. The molecule has 1 aliphatic rings. The zero-order chi connectivity index (χ0) is 17.2. The maximum Gasteiger partial charge on any atom is 0.410 e. The Kier molecular flexibility index (Phi) is 5.63. The maximum absolute atomic E-state index is 12.1. The predicted molar refractivity (Wildman–Crippen MR) is 94.0 cm³/mol. The predicted octanol–water partition coefficient (Wildman–Crippen LogP) is 3.88. The first-order valence-corrected chi connectivity index (χ1v) is 8.96. The number of carbonyl (C=O) groups is 1. The van der Waals surface area contributed by atoms with Gasteiger partial charge in [-0.15, -0.1) is 11.8 Å². The van der Waals surface area contributed by atoms with E-state index in [4.69, 9.17) is 4.74 Å². The summed E-state index contributed by atoms with van der Waals surface area (Å²) in [7, 11) is 0. The highest BCUT2D eigenvalue weighted by Gasteiger charge is 2.36. The molecule has 1 amide bonds. The molecule has 0 aromatic heterocycles. The summed E-state index contributed by atoms with van der Waals surface area (Å²) in [6.07, 6.45) is -0.882. The van der Waals surface area contributed by atoms with Crippen molar-refractivity contribution in [2.45, 2.75) is 62.4 Å². The smallest absolute Gasteiger partial charge is 0.410 e. The molecule has 1 aromatic carbocycles. The van der Waals surface area contributed by atoms with Crippen LogP contribution in [0.5, 0.6) is 0 Å². The molecule has 2 rings (SSSR count). The number of hydrogen-bond acceptors (Lipinski definition) is 4. The van der Waals surface area contributed by atoms with Gasteiger partial charge in [0.25, 0.3) is 0 Å². The molecule has 0 aliphatic carbocycles. The monoisotopic (exact) mass is 337 g/mol. The number of β-amino-alcohol motifs (C(OH)–C–C–N with tert-alkyl or cyclic N) is 1. The van der Waals surface area contributed by atoms with E-state index >= 15 is 0 Å². The summed E-state index contributed by atoms with van der Waals surface area (Å²) < 4.78 is 5.38. The zero-order valence-electron chi connectivity index (χ0n) is 14.6. The van der Waals surface area contributed by atoms with E-state index in [0.717, 1.165) is 4.90 Å². The Labute approximate surface area is 143 Å². The summed E-state index contributed by atoms with van der Waals surface area (Å²) in [6, 6.07) is 8.42. The van der Waals surface area contributed by atoms with E-state index in [1.807, 2.05) is 20.8 Å². The normalized spacial score (nSPS) is 21.8. The van der Waals surface area contributed by atoms with Crippen LogP contribution in [0, 0.1) is 0 Å². The van der Waals surface area contributed by atoms with Gasteiger partial charge in [0.05, 0.1) is 17.9 Å². The third-order valence-electron chi connectivity index (χ3n) is 3.72. The largest absolute Gasteiger partial charge is 0.444 e. The molecule has 5 heteroatoms. The van der Waals surface area contributed by atoms with Gasteiger partial charge in [-0.25, -0.2) is 4.79 Å². The number of carbonyl (C=O) groups excluding carboxylic acids is 1. The lowest BCUT2D eigenvalue weighted by Crippen LogP contribution is -2.35. The Hall–Kier alpha value is -1.20. The van der Waals surface area contributed by atoms with Crippen LogP contribution in [0.4, 0.5) is 4.79 Å². The van der Waals surface area contributed by atoms with E-state index < -0.39 is 11.7 Å². The van der Waals surface area contributed by atoms with E-state index in [0.29, 0.717) is 19.0 Å². The van der Waals surface area contributed by atoms with Crippen LogP contribution in [-0.4, -0.2) is 46.1 Å². The second kappa shape index (κ2) is 7.14. The number of rotatable bonds is 3. The average Bonchev–Trinajstić information content (AvgIpc) is 2.79. The molecular weight excluding hydrogens is 310 g/mol. The second-order valence-corrected chi connectivity index (χ2v) is 8.65. The molecule has 4 nitrogen and oxygen atoms in total. The number of thioether (sulfide) groups is 1. The first-order valence-electron chi connectivity index (χ1n) is 8.08. The zero-order valence-corrected chi connectivity index (χ0v) is 15.4. The average molecular weight is 337 g/mol. The van der Waals surface area contributed by atoms with Gasteiger partial charge in [0.1, 0.15) is 5.60 Å². The highest BCUT2D eigenvalue weighted by Crippen LogP contribution is 2.31. The van der Waals surface area contributed by atoms with Gasteiger partial charge in [-0.05, 0) is 44.4 Å². The quantitative estimate of drug-likeness (QED) is 0.909. The number of amides is 1. The molecule has 0 saturated carbocycles. The van der Waals surface area contributed by atoms with E-state index in [-0.39, 0.29) is 11.3 Å². The highest BCUT2D eigenvalue weighted by atomic mass is 32.2. The van der Waals surface area contributed by atoms with Crippen LogP contribution in [0.2, 0.25) is 0 Å². The molecule has 2 atom stereocenters. The Balaban J connectivity index is 1.95. The number of likely N-dealkylation sites (tertiary alicyclic amines) is 1. The fraction of sp³-hybridized carbons (Fsp3) is 0.611. The lowest BCUT2D eigenvalue weighted by molar-refractivity contribution is 0.0270. The fourth-order valence-corrected chi connectivity index (χ4v) is 3.59. The molecule has 1 aromatic rings. The lowest BCUT2D eigenvalue weighted by Gasteiger charge is -2.24. The third-order valence-corrected chi connectivity index (χ3v) is 5.03. The van der Waals surface area contributed by atoms with Gasteiger partial charge in [-0.2, -0.15) is 0 Å². The van der Waals surface area contributed by atoms with Gasteiger partial charge in [0.15, 0.2) is 0 Å². The van der Waals surface area contributed by atoms with Crippen molar-refractivity contribution < 1.29 is 14.6 Å². The molecule has 0 radical (unpaired) electrons. The standard InChI is InChI=1S/C18H27NO3S/c1-12(2)13-6-8-14(9-7-13)23-16-11-19(10-15(16)20)17(21)22-18(3,4)5/h6-9,12,15-16,20H,10-11H2,1-5H3/t15-,16-/m1/s1. The van der Waals surface area contributed by atoms with E-state index in [9.17, 15) is 9.90 Å². The molecule has 0 spiro atoms. The molecule has 128 valence electrons. The summed E-state index contributed by atoms with van der Waals surface area (Å²) in [5, 5.41) is 10.2. The fourth-order valence-electron chi connectivity index (χ4n) is 2.45. The van der Waals surface area contributed by atoms with Crippen LogP contribution in [0.25, 0.3) is 0 Å². The molecule has 1 saturated heterocycles. The van der Waals surface area contributed by atoms with Gasteiger partial charge in [-0.1, -0.05) is 26.0 Å². The molecule has 0 bridgehead atoms. The van der Waals surface area contributed by atoms with Crippen molar-refractivity contribution in [2.24, 2.45) is 0 Å². The van der Waals surface area contributed by atoms with Gasteiger partial charge in [0.2, 0.25) is 0 Å². The Morgan fingerprint density at radius 1 is 1.26 bits per heavy atom. The Morgan fingerprint density at radius 3 is 2.39 bits per heavy atom. The minimum Gasteiger partial charge on any atom is -0.444 e. The minimum atomic E-state index is -0.530. The van der Waals surface area contributed by atoms with Crippen LogP contribution in [0.1, 0.15) is 46.1 Å². The van der Waals surface area contributed by atoms with Crippen LogP contribution >= 0.6 is 11.8 Å². The van der Waals surface area contributed by atoms with Crippen molar-refractivity contribution in [3.05, 3.63) is 29.8 Å². The van der Waals surface area contributed by atoms with Crippen molar-refractivity contribution in [2.75, 3.05) is 13.1 Å². The first-order chi connectivity index (χ1) is 10.7. The van der Waals surface area contributed by atoms with Gasteiger partial charge in [0, 0.05) is 11.4 Å². The number of ether oxygens (including phenoxy) is 1. The molecule has 0 unspecified atom stereocenters. The van der Waals surface area contributed by atoms with Crippen LogP contribution in [0.3, 0.4) is 0 Å². The molecule has 23 heavy (non-hydrogen) atoms. The molecule has 1 heterocycles. The summed E-state index contributed by atoms with van der Waals surface area (Å²) in [4.78, 5) is 14.8.